The summed E-state index contributed by atoms with van der Waals surface area (Å²) >= 11 is 3.15. The van der Waals surface area contributed by atoms with Gasteiger partial charge in [0.05, 0.1) is 11.9 Å². The zero-order valence-electron chi connectivity index (χ0n) is 10.0. The van der Waals surface area contributed by atoms with Crippen LogP contribution in [0.5, 0.6) is 0 Å². The van der Waals surface area contributed by atoms with Crippen molar-refractivity contribution in [2.75, 3.05) is 5.32 Å². The second-order valence-corrected chi connectivity index (χ2v) is 4.95. The predicted molar refractivity (Wildman–Crippen MR) is 71.9 cm³/mol. The first-order valence-electron chi connectivity index (χ1n) is 5.06. The number of hydrogen-bond acceptors (Lipinski definition) is 4. The van der Waals surface area contributed by atoms with Crippen molar-refractivity contribution in [2.24, 2.45) is 5.73 Å². The van der Waals surface area contributed by atoms with Crippen LogP contribution in [0.2, 0.25) is 0 Å². The molecular weight excluding hydrogens is 300 g/mol. The molecular formula is C11H13BrN4O2. The summed E-state index contributed by atoms with van der Waals surface area (Å²) in [6.45, 7) is 3.29. The molecule has 1 amide bonds. The summed E-state index contributed by atoms with van der Waals surface area (Å²) in [6, 6.07) is 0. The number of halogens is 1. The molecule has 0 bridgehead atoms. The van der Waals surface area contributed by atoms with E-state index in [-0.39, 0.29) is 16.6 Å². The average Bonchev–Trinajstić information content (AvgIpc) is 2.28. The fourth-order valence-corrected chi connectivity index (χ4v) is 1.56. The smallest absolute Gasteiger partial charge is 0.284 e. The van der Waals surface area contributed by atoms with Crippen molar-refractivity contribution < 1.29 is 4.79 Å². The molecule has 6 nitrogen and oxygen atoms in total. The van der Waals surface area contributed by atoms with Crippen molar-refractivity contribution in [3.63, 3.8) is 0 Å². The highest BCUT2D eigenvalue weighted by molar-refractivity contribution is 9.10. The van der Waals surface area contributed by atoms with Gasteiger partial charge in [0, 0.05) is 0 Å². The molecule has 96 valence electrons. The largest absolute Gasteiger partial charge is 0.369 e. The number of carbonyl (C=O) groups excluding carboxylic acids is 1. The summed E-state index contributed by atoms with van der Waals surface area (Å²) in [7, 11) is 0. The fourth-order valence-electron chi connectivity index (χ4n) is 1.15. The van der Waals surface area contributed by atoms with E-state index in [0.717, 1.165) is 4.68 Å². The van der Waals surface area contributed by atoms with Gasteiger partial charge in [-0.1, -0.05) is 5.92 Å². The van der Waals surface area contributed by atoms with E-state index in [1.54, 1.807) is 13.8 Å². The molecule has 0 aliphatic carbocycles. The van der Waals surface area contributed by atoms with E-state index in [1.165, 1.54) is 6.20 Å². The lowest BCUT2D eigenvalue weighted by atomic mass is 10.1. The third kappa shape index (κ3) is 2.90. The molecule has 1 rings (SSSR count). The predicted octanol–water partition coefficient (Wildman–Crippen LogP) is 0.315. The summed E-state index contributed by atoms with van der Waals surface area (Å²) < 4.78 is 1.38. The van der Waals surface area contributed by atoms with Gasteiger partial charge in [0.2, 0.25) is 5.91 Å². The first kappa shape index (κ1) is 14.3. The first-order valence-corrected chi connectivity index (χ1v) is 5.86. The van der Waals surface area contributed by atoms with E-state index in [9.17, 15) is 9.59 Å². The van der Waals surface area contributed by atoms with Gasteiger partial charge in [-0.2, -0.15) is 5.10 Å². The summed E-state index contributed by atoms with van der Waals surface area (Å²) in [4.78, 5) is 23.0. The molecule has 0 aliphatic heterocycles. The van der Waals surface area contributed by atoms with Crippen LogP contribution in [0, 0.1) is 12.3 Å². The molecule has 1 aromatic heterocycles. The van der Waals surface area contributed by atoms with Gasteiger partial charge in [0.15, 0.2) is 0 Å². The van der Waals surface area contributed by atoms with Gasteiger partial charge in [0.25, 0.3) is 5.56 Å². The maximum absolute atomic E-state index is 11.8. The Kier molecular flexibility index (Phi) is 4.14. The van der Waals surface area contributed by atoms with Crippen molar-refractivity contribution in [1.29, 1.82) is 0 Å². The van der Waals surface area contributed by atoms with Gasteiger partial charge in [-0.05, 0) is 29.8 Å². The lowest BCUT2D eigenvalue weighted by molar-refractivity contribution is -0.121. The third-order valence-corrected chi connectivity index (χ3v) is 3.06. The van der Waals surface area contributed by atoms with Gasteiger partial charge in [0.1, 0.15) is 16.6 Å². The van der Waals surface area contributed by atoms with E-state index in [4.69, 9.17) is 12.2 Å². The molecule has 7 heteroatoms. The molecule has 1 heterocycles. The number of nitrogens with one attached hydrogen (secondary N) is 1. The Labute approximate surface area is 113 Å². The Morgan fingerprint density at radius 2 is 2.33 bits per heavy atom. The number of aromatic nitrogens is 2. The number of amides is 1. The second kappa shape index (κ2) is 5.23. The van der Waals surface area contributed by atoms with Crippen LogP contribution in [0.3, 0.4) is 0 Å². The number of hydrogen-bond donors (Lipinski definition) is 2. The van der Waals surface area contributed by atoms with Gasteiger partial charge < -0.3 is 11.1 Å². The normalized spacial score (nSPS) is 10.8. The maximum atomic E-state index is 11.8. The van der Waals surface area contributed by atoms with Crippen LogP contribution in [0.15, 0.2) is 15.5 Å². The van der Waals surface area contributed by atoms with Crippen molar-refractivity contribution >= 4 is 27.5 Å². The lowest BCUT2D eigenvalue weighted by Gasteiger charge is -2.24. The Hall–Kier alpha value is -1.81. The number of rotatable bonds is 4. The van der Waals surface area contributed by atoms with Gasteiger partial charge in [-0.15, -0.1) is 6.42 Å². The SMILES string of the molecule is C#CCn1ncc(NC(C)(C)C(N)=O)c(Br)c1=O. The second-order valence-electron chi connectivity index (χ2n) is 4.15. The molecule has 0 unspecified atom stereocenters. The molecule has 3 N–H and O–H groups in total. The fraction of sp³-hybridized carbons (Fsp3) is 0.364. The van der Waals surface area contributed by atoms with Crippen LogP contribution in [-0.4, -0.2) is 21.2 Å². The van der Waals surface area contributed by atoms with Crippen molar-refractivity contribution in [2.45, 2.75) is 25.9 Å². The van der Waals surface area contributed by atoms with Crippen LogP contribution in [0.4, 0.5) is 5.69 Å². The van der Waals surface area contributed by atoms with Gasteiger partial charge >= 0.3 is 0 Å². The Morgan fingerprint density at radius 3 is 2.83 bits per heavy atom. The Balaban J connectivity index is 3.15. The summed E-state index contributed by atoms with van der Waals surface area (Å²) in [5.74, 6) is 1.78. The standard InChI is InChI=1S/C11H13BrN4O2/c1-4-5-16-9(17)8(12)7(6-14-16)15-11(2,3)10(13)18/h1,6,15H,5H2,2-3H3,(H2,13,18). The highest BCUT2D eigenvalue weighted by atomic mass is 79.9. The molecule has 0 saturated carbocycles. The van der Waals surface area contributed by atoms with Crippen LogP contribution >= 0.6 is 15.9 Å². The molecule has 0 radical (unpaired) electrons. The summed E-state index contributed by atoms with van der Waals surface area (Å²) in [5.41, 5.74) is 4.26. The number of nitrogens with zero attached hydrogens (tertiary/aromatic N) is 2. The van der Waals surface area contributed by atoms with Crippen LogP contribution in [0.1, 0.15) is 13.8 Å². The first-order chi connectivity index (χ1) is 8.29. The Bertz CT molecular complexity index is 571. The minimum Gasteiger partial charge on any atom is -0.369 e. The zero-order chi connectivity index (χ0) is 13.9. The van der Waals surface area contributed by atoms with E-state index in [2.05, 4.69) is 32.3 Å². The maximum Gasteiger partial charge on any atom is 0.284 e. The van der Waals surface area contributed by atoms with Crippen LogP contribution in [0.25, 0.3) is 0 Å². The topological polar surface area (TPSA) is 90.0 Å². The molecule has 1 aromatic rings. The number of carbonyl (C=O) groups is 1. The van der Waals surface area contributed by atoms with Crippen LogP contribution < -0.4 is 16.6 Å². The van der Waals surface area contributed by atoms with Gasteiger partial charge in [-0.3, -0.25) is 9.59 Å². The Morgan fingerprint density at radius 1 is 1.72 bits per heavy atom. The van der Waals surface area contributed by atoms with E-state index in [0.29, 0.717) is 5.69 Å². The van der Waals surface area contributed by atoms with Crippen LogP contribution in [-0.2, 0) is 11.3 Å². The van der Waals surface area contributed by atoms with Gasteiger partial charge in [-0.25, -0.2) is 4.68 Å². The quantitative estimate of drug-likeness (QED) is 0.783. The third-order valence-electron chi connectivity index (χ3n) is 2.29. The van der Waals surface area contributed by atoms with E-state index >= 15 is 0 Å². The van der Waals surface area contributed by atoms with E-state index in [1.807, 2.05) is 0 Å². The monoisotopic (exact) mass is 312 g/mol. The average molecular weight is 313 g/mol. The molecule has 0 fully saturated rings. The summed E-state index contributed by atoms with van der Waals surface area (Å²) in [5, 5.41) is 6.74. The minimum atomic E-state index is -0.991. The lowest BCUT2D eigenvalue weighted by Crippen LogP contribution is -2.45. The van der Waals surface area contributed by atoms with Crippen molar-refractivity contribution in [1.82, 2.24) is 9.78 Å². The molecule has 0 aliphatic rings. The summed E-state index contributed by atoms with van der Waals surface area (Å²) in [6.07, 6.45) is 6.53. The highest BCUT2D eigenvalue weighted by Crippen LogP contribution is 2.20. The minimum absolute atomic E-state index is 0.0803. The van der Waals surface area contributed by atoms with Crippen molar-refractivity contribution in [3.8, 4) is 12.3 Å². The van der Waals surface area contributed by atoms with E-state index < -0.39 is 11.4 Å². The van der Waals surface area contributed by atoms with Crippen molar-refractivity contribution in [3.05, 3.63) is 21.0 Å². The molecule has 0 atom stereocenters. The zero-order valence-corrected chi connectivity index (χ0v) is 11.6. The number of primary amides is 1. The number of anilines is 1. The number of terminal acetylenes is 1. The molecule has 0 spiro atoms. The number of nitrogens with two attached hydrogens (primary N) is 1. The molecule has 0 saturated heterocycles. The highest BCUT2D eigenvalue weighted by Gasteiger charge is 2.26. The molecule has 18 heavy (non-hydrogen) atoms. The molecule has 0 aromatic carbocycles.